The first-order valence-corrected chi connectivity index (χ1v) is 12.7. The van der Waals surface area contributed by atoms with Crippen LogP contribution in [-0.2, 0) is 6.42 Å². The fourth-order valence-electron chi connectivity index (χ4n) is 3.60. The molecule has 1 rings (SSSR count). The van der Waals surface area contributed by atoms with Crippen molar-refractivity contribution < 1.29 is 5.11 Å². The number of rotatable bonds is 9. The number of benzene rings is 1. The predicted octanol–water partition coefficient (Wildman–Crippen LogP) is 6.78. The Bertz CT molecular complexity index is 525. The molecule has 1 aromatic carbocycles. The van der Waals surface area contributed by atoms with Crippen LogP contribution >= 0.6 is 0 Å². The maximum Gasteiger partial charge on any atom is 0.0804 e. The first-order valence-electron chi connectivity index (χ1n) is 10.1. The Kier molecular flexibility index (Phi) is 8.15. The molecule has 1 aromatic rings. The summed E-state index contributed by atoms with van der Waals surface area (Å²) in [5.74, 6) is 0. The summed E-state index contributed by atoms with van der Waals surface area (Å²) in [5.41, 5.74) is 0.627. The maximum atomic E-state index is 11.2. The third kappa shape index (κ3) is 5.82. The molecule has 0 heterocycles. The molecular formula is C23H40OSi. The third-order valence-corrected chi connectivity index (χ3v) is 12.3. The molecule has 1 N–H and O–H groups in total. The fraction of sp³-hybridized carbons (Fsp3) is 0.652. The molecule has 0 fully saturated rings. The molecule has 2 heteroatoms. The van der Waals surface area contributed by atoms with Gasteiger partial charge in [-0.2, -0.15) is 0 Å². The second-order valence-corrected chi connectivity index (χ2v) is 14.1. The van der Waals surface area contributed by atoms with Gasteiger partial charge in [0.15, 0.2) is 0 Å². The number of hydrogen-bond donors (Lipinski definition) is 1. The van der Waals surface area contributed by atoms with Gasteiger partial charge in [0.05, 0.1) is 13.7 Å². The second kappa shape index (κ2) is 9.18. The van der Waals surface area contributed by atoms with Gasteiger partial charge in [0.1, 0.15) is 0 Å². The largest absolute Gasteiger partial charge is 0.389 e. The number of aliphatic hydroxyl groups is 1. The van der Waals surface area contributed by atoms with Gasteiger partial charge < -0.3 is 5.11 Å². The standard InChI is InChI=1S/C23H40OSi/c1-8-25(9-2,10-3)21(19-23(7,24)22(4,5)6)18-14-17-20-15-12-11-13-16-20/h11-13,15-16,18,24H,8-10,14,17,19H2,1-7H3/b21-18+. The van der Waals surface area contributed by atoms with Crippen molar-refractivity contribution in [3.05, 3.63) is 47.2 Å². The summed E-state index contributed by atoms with van der Waals surface area (Å²) in [6, 6.07) is 14.6. The van der Waals surface area contributed by atoms with Gasteiger partial charge in [-0.05, 0) is 37.2 Å². The van der Waals surface area contributed by atoms with Crippen LogP contribution in [0.5, 0.6) is 0 Å². The van der Waals surface area contributed by atoms with Crippen LogP contribution in [0.2, 0.25) is 18.1 Å². The van der Waals surface area contributed by atoms with E-state index in [-0.39, 0.29) is 5.41 Å². The van der Waals surface area contributed by atoms with Gasteiger partial charge in [-0.25, -0.2) is 0 Å². The molecule has 0 spiro atoms. The van der Waals surface area contributed by atoms with Gasteiger partial charge in [-0.3, -0.25) is 0 Å². The van der Waals surface area contributed by atoms with Crippen LogP contribution in [0.15, 0.2) is 41.6 Å². The van der Waals surface area contributed by atoms with Crippen LogP contribution in [0.4, 0.5) is 0 Å². The minimum Gasteiger partial charge on any atom is -0.389 e. The molecule has 0 aliphatic carbocycles. The summed E-state index contributed by atoms with van der Waals surface area (Å²) >= 11 is 0. The molecule has 0 radical (unpaired) electrons. The van der Waals surface area contributed by atoms with Crippen molar-refractivity contribution >= 4 is 8.07 Å². The summed E-state index contributed by atoms with van der Waals surface area (Å²) < 4.78 is 0. The molecule has 0 aliphatic heterocycles. The first kappa shape index (κ1) is 22.2. The Morgan fingerprint density at radius 1 is 0.960 bits per heavy atom. The highest BCUT2D eigenvalue weighted by Crippen LogP contribution is 2.40. The minimum atomic E-state index is -1.47. The van der Waals surface area contributed by atoms with E-state index in [1.165, 1.54) is 23.7 Å². The van der Waals surface area contributed by atoms with E-state index in [0.717, 1.165) is 19.3 Å². The van der Waals surface area contributed by atoms with E-state index in [9.17, 15) is 5.11 Å². The van der Waals surface area contributed by atoms with E-state index in [2.05, 4.69) is 78.0 Å². The zero-order chi connectivity index (χ0) is 19.1. The lowest BCUT2D eigenvalue weighted by Crippen LogP contribution is -2.45. The Morgan fingerprint density at radius 3 is 1.92 bits per heavy atom. The highest BCUT2D eigenvalue weighted by atomic mass is 28.3. The molecule has 0 saturated carbocycles. The molecule has 1 atom stereocenters. The lowest BCUT2D eigenvalue weighted by molar-refractivity contribution is -0.0394. The van der Waals surface area contributed by atoms with Crippen molar-refractivity contribution in [1.82, 2.24) is 0 Å². The van der Waals surface area contributed by atoms with Crippen molar-refractivity contribution in [2.24, 2.45) is 5.41 Å². The van der Waals surface area contributed by atoms with Crippen molar-refractivity contribution in [3.8, 4) is 0 Å². The smallest absolute Gasteiger partial charge is 0.0804 e. The molecule has 0 aromatic heterocycles. The van der Waals surface area contributed by atoms with Crippen LogP contribution in [-0.4, -0.2) is 18.8 Å². The topological polar surface area (TPSA) is 20.2 Å². The summed E-state index contributed by atoms with van der Waals surface area (Å²) in [6.07, 6.45) is 5.49. The van der Waals surface area contributed by atoms with Gasteiger partial charge in [0.25, 0.3) is 0 Å². The van der Waals surface area contributed by atoms with Gasteiger partial charge in [0.2, 0.25) is 0 Å². The fourth-order valence-corrected chi connectivity index (χ4v) is 7.76. The Morgan fingerprint density at radius 2 is 1.48 bits per heavy atom. The Balaban J connectivity index is 3.08. The summed E-state index contributed by atoms with van der Waals surface area (Å²) in [6.45, 7) is 15.6. The van der Waals surface area contributed by atoms with Gasteiger partial charge in [0, 0.05) is 0 Å². The Hall–Kier alpha value is -0.863. The van der Waals surface area contributed by atoms with Crippen LogP contribution in [0.1, 0.15) is 66.9 Å². The molecule has 0 bridgehead atoms. The van der Waals surface area contributed by atoms with Crippen LogP contribution < -0.4 is 0 Å². The molecule has 1 unspecified atom stereocenters. The highest BCUT2D eigenvalue weighted by molar-refractivity contribution is 6.86. The summed E-state index contributed by atoms with van der Waals surface area (Å²) in [7, 11) is -1.47. The van der Waals surface area contributed by atoms with Crippen LogP contribution in [0.3, 0.4) is 0 Å². The molecule has 142 valence electrons. The minimum absolute atomic E-state index is 0.110. The van der Waals surface area contributed by atoms with Crippen LogP contribution in [0, 0.1) is 5.41 Å². The predicted molar refractivity (Wildman–Crippen MR) is 115 cm³/mol. The van der Waals surface area contributed by atoms with Crippen LogP contribution in [0.25, 0.3) is 0 Å². The van der Waals surface area contributed by atoms with Crippen molar-refractivity contribution in [2.75, 3.05) is 0 Å². The normalized spacial score (nSPS) is 15.9. The molecule has 0 saturated heterocycles. The van der Waals surface area contributed by atoms with Gasteiger partial charge in [-0.15, -0.1) is 0 Å². The van der Waals surface area contributed by atoms with E-state index in [1.54, 1.807) is 5.20 Å². The molecule has 25 heavy (non-hydrogen) atoms. The maximum absolute atomic E-state index is 11.2. The third-order valence-electron chi connectivity index (χ3n) is 6.53. The molecule has 1 nitrogen and oxygen atoms in total. The second-order valence-electron chi connectivity index (χ2n) is 8.80. The quantitative estimate of drug-likeness (QED) is 0.481. The zero-order valence-electron chi connectivity index (χ0n) is 17.7. The molecule has 0 aliphatic rings. The first-order chi connectivity index (χ1) is 11.6. The SMILES string of the molecule is CC[Si](CC)(CC)/C(=C/CCc1ccccc1)CC(C)(O)C(C)(C)C. The van der Waals surface area contributed by atoms with Crippen molar-refractivity contribution in [3.63, 3.8) is 0 Å². The van der Waals surface area contributed by atoms with E-state index in [1.807, 2.05) is 6.92 Å². The van der Waals surface area contributed by atoms with Gasteiger partial charge in [-0.1, -0.05) is 101 Å². The number of allylic oxidation sites excluding steroid dienone is 1. The number of hydrogen-bond acceptors (Lipinski definition) is 1. The van der Waals surface area contributed by atoms with Crippen molar-refractivity contribution in [1.29, 1.82) is 0 Å². The van der Waals surface area contributed by atoms with E-state index in [0.29, 0.717) is 0 Å². The average Bonchev–Trinajstić information content (AvgIpc) is 2.56. The lowest BCUT2D eigenvalue weighted by atomic mass is 9.75. The monoisotopic (exact) mass is 360 g/mol. The average molecular weight is 361 g/mol. The highest BCUT2D eigenvalue weighted by Gasteiger charge is 2.40. The van der Waals surface area contributed by atoms with Gasteiger partial charge >= 0.3 is 0 Å². The summed E-state index contributed by atoms with van der Waals surface area (Å²) in [4.78, 5) is 0. The van der Waals surface area contributed by atoms with Crippen molar-refractivity contribution in [2.45, 2.75) is 91.5 Å². The van der Waals surface area contributed by atoms with E-state index >= 15 is 0 Å². The molecule has 0 amide bonds. The van der Waals surface area contributed by atoms with E-state index < -0.39 is 13.7 Å². The number of aryl methyl sites for hydroxylation is 1. The zero-order valence-corrected chi connectivity index (χ0v) is 18.7. The summed E-state index contributed by atoms with van der Waals surface area (Å²) in [5, 5.41) is 12.8. The lowest BCUT2D eigenvalue weighted by Gasteiger charge is -2.42. The Labute approximate surface area is 157 Å². The molecular weight excluding hydrogens is 320 g/mol. The van der Waals surface area contributed by atoms with E-state index in [4.69, 9.17) is 0 Å².